The predicted octanol–water partition coefficient (Wildman–Crippen LogP) is 5.61. The number of hydrogen-bond donors (Lipinski definition) is 1. The van der Waals surface area contributed by atoms with E-state index < -0.39 is 0 Å². The van der Waals surface area contributed by atoms with Crippen LogP contribution in [0.15, 0.2) is 58.3 Å². The Morgan fingerprint density at radius 3 is 2.85 bits per heavy atom. The lowest BCUT2D eigenvalue weighted by Crippen LogP contribution is -2.09. The SMILES string of the molecule is Cc1csc(C(=O)Nc2nnc(SCc3cccc4ccccc34)s2)c1. The van der Waals surface area contributed by atoms with Crippen LogP contribution in [0.5, 0.6) is 0 Å². The molecular weight excluding hydrogens is 382 g/mol. The Labute approximate surface area is 163 Å². The van der Waals surface area contributed by atoms with Crippen LogP contribution >= 0.6 is 34.4 Å². The van der Waals surface area contributed by atoms with Crippen molar-refractivity contribution in [3.05, 3.63) is 69.9 Å². The second-order valence-corrected chi connectivity index (χ2v) is 8.85. The van der Waals surface area contributed by atoms with Crippen LogP contribution in [0.1, 0.15) is 20.8 Å². The standard InChI is InChI=1S/C19H15N3OS3/c1-12-9-16(24-10-12)17(23)20-18-21-22-19(26-18)25-11-14-7-4-6-13-5-2-3-8-15(13)14/h2-10H,11H2,1H3,(H,20,21,23). The molecule has 0 unspecified atom stereocenters. The summed E-state index contributed by atoms with van der Waals surface area (Å²) in [6.07, 6.45) is 0. The third-order valence-electron chi connectivity index (χ3n) is 3.81. The van der Waals surface area contributed by atoms with Gasteiger partial charge in [-0.25, -0.2) is 0 Å². The van der Waals surface area contributed by atoms with Crippen molar-refractivity contribution >= 4 is 56.2 Å². The van der Waals surface area contributed by atoms with Crippen LogP contribution in [0, 0.1) is 6.92 Å². The van der Waals surface area contributed by atoms with E-state index in [1.165, 1.54) is 39.0 Å². The van der Waals surface area contributed by atoms with Gasteiger partial charge < -0.3 is 0 Å². The highest BCUT2D eigenvalue weighted by molar-refractivity contribution is 8.00. The molecule has 1 amide bonds. The summed E-state index contributed by atoms with van der Waals surface area (Å²) in [5.74, 6) is 0.679. The van der Waals surface area contributed by atoms with Crippen LogP contribution in [0.25, 0.3) is 10.8 Å². The molecule has 7 heteroatoms. The lowest BCUT2D eigenvalue weighted by atomic mass is 10.1. The largest absolute Gasteiger partial charge is 0.296 e. The maximum absolute atomic E-state index is 12.2. The number of rotatable bonds is 5. The molecule has 0 saturated heterocycles. The minimum absolute atomic E-state index is 0.134. The van der Waals surface area contributed by atoms with Crippen molar-refractivity contribution in [1.82, 2.24) is 10.2 Å². The van der Waals surface area contributed by atoms with Crippen LogP contribution in [-0.2, 0) is 5.75 Å². The fourth-order valence-electron chi connectivity index (χ4n) is 2.59. The summed E-state index contributed by atoms with van der Waals surface area (Å²) in [4.78, 5) is 12.9. The van der Waals surface area contributed by atoms with Crippen LogP contribution in [-0.4, -0.2) is 16.1 Å². The number of aromatic nitrogens is 2. The van der Waals surface area contributed by atoms with E-state index in [-0.39, 0.29) is 5.91 Å². The van der Waals surface area contributed by atoms with Gasteiger partial charge in [0.05, 0.1) is 4.88 Å². The normalized spacial score (nSPS) is 11.0. The predicted molar refractivity (Wildman–Crippen MR) is 110 cm³/mol. The Morgan fingerprint density at radius 2 is 2.00 bits per heavy atom. The number of benzene rings is 2. The monoisotopic (exact) mass is 397 g/mol. The highest BCUT2D eigenvalue weighted by atomic mass is 32.2. The Hall–Kier alpha value is -2.22. The molecule has 4 rings (SSSR count). The lowest BCUT2D eigenvalue weighted by Gasteiger charge is -2.04. The van der Waals surface area contributed by atoms with Crippen molar-refractivity contribution in [2.75, 3.05) is 5.32 Å². The van der Waals surface area contributed by atoms with E-state index in [1.807, 2.05) is 24.4 Å². The highest BCUT2D eigenvalue weighted by Gasteiger charge is 2.12. The van der Waals surface area contributed by atoms with Gasteiger partial charge in [0.1, 0.15) is 0 Å². The molecule has 0 saturated carbocycles. The number of thioether (sulfide) groups is 1. The van der Waals surface area contributed by atoms with Crippen molar-refractivity contribution in [1.29, 1.82) is 0 Å². The van der Waals surface area contributed by atoms with E-state index in [2.05, 4.69) is 51.9 Å². The first kappa shape index (κ1) is 17.2. The van der Waals surface area contributed by atoms with Gasteiger partial charge in [-0.1, -0.05) is 65.6 Å². The Kier molecular flexibility index (Phi) is 5.01. The number of carbonyl (C=O) groups is 1. The zero-order valence-corrected chi connectivity index (χ0v) is 16.4. The number of carbonyl (C=O) groups excluding carboxylic acids is 1. The molecule has 2 heterocycles. The number of fused-ring (bicyclic) bond motifs is 1. The molecule has 26 heavy (non-hydrogen) atoms. The van der Waals surface area contributed by atoms with E-state index in [1.54, 1.807) is 11.8 Å². The summed E-state index contributed by atoms with van der Waals surface area (Å²) in [6.45, 7) is 1.97. The van der Waals surface area contributed by atoms with Crippen molar-refractivity contribution < 1.29 is 4.79 Å². The molecule has 0 fully saturated rings. The molecule has 4 aromatic rings. The van der Waals surface area contributed by atoms with Crippen LogP contribution in [0.3, 0.4) is 0 Å². The number of thiophene rings is 1. The molecule has 1 N–H and O–H groups in total. The fraction of sp³-hybridized carbons (Fsp3) is 0.105. The zero-order chi connectivity index (χ0) is 17.9. The summed E-state index contributed by atoms with van der Waals surface area (Å²) in [5, 5.41) is 16.1. The third kappa shape index (κ3) is 3.80. The molecule has 2 aromatic heterocycles. The minimum atomic E-state index is -0.134. The molecule has 2 aromatic carbocycles. The number of nitrogens with zero attached hydrogens (tertiary/aromatic N) is 2. The van der Waals surface area contributed by atoms with Crippen LogP contribution in [0.4, 0.5) is 5.13 Å². The average molecular weight is 398 g/mol. The van der Waals surface area contributed by atoms with Gasteiger partial charge >= 0.3 is 0 Å². The van der Waals surface area contributed by atoms with Crippen molar-refractivity contribution in [3.63, 3.8) is 0 Å². The second kappa shape index (κ2) is 7.57. The molecule has 130 valence electrons. The number of nitrogens with one attached hydrogen (secondary N) is 1. The van der Waals surface area contributed by atoms with E-state index in [4.69, 9.17) is 0 Å². The first-order valence-corrected chi connectivity index (χ1v) is 10.7. The number of aryl methyl sites for hydroxylation is 1. The van der Waals surface area contributed by atoms with Gasteiger partial charge in [-0.05, 0) is 40.3 Å². The second-order valence-electron chi connectivity index (χ2n) is 5.74. The summed E-state index contributed by atoms with van der Waals surface area (Å²) in [7, 11) is 0. The molecule has 0 aliphatic carbocycles. The molecule has 4 nitrogen and oxygen atoms in total. The summed E-state index contributed by atoms with van der Waals surface area (Å²) in [6, 6.07) is 16.6. The molecule has 0 radical (unpaired) electrons. The number of anilines is 1. The maximum Gasteiger partial charge on any atom is 0.267 e. The Morgan fingerprint density at radius 1 is 1.15 bits per heavy atom. The molecule has 0 bridgehead atoms. The van der Waals surface area contributed by atoms with E-state index in [0.29, 0.717) is 10.0 Å². The summed E-state index contributed by atoms with van der Waals surface area (Å²) < 4.78 is 0.843. The maximum atomic E-state index is 12.2. The highest BCUT2D eigenvalue weighted by Crippen LogP contribution is 2.31. The third-order valence-corrected chi connectivity index (χ3v) is 6.88. The molecule has 0 atom stereocenters. The molecule has 0 spiro atoms. The summed E-state index contributed by atoms with van der Waals surface area (Å²) in [5.41, 5.74) is 2.35. The van der Waals surface area contributed by atoms with Gasteiger partial charge in [0.15, 0.2) is 4.34 Å². The van der Waals surface area contributed by atoms with Gasteiger partial charge in [-0.2, -0.15) is 0 Å². The average Bonchev–Trinajstić information content (AvgIpc) is 3.29. The zero-order valence-electron chi connectivity index (χ0n) is 13.9. The number of hydrogen-bond acceptors (Lipinski definition) is 6. The minimum Gasteiger partial charge on any atom is -0.296 e. The van der Waals surface area contributed by atoms with Gasteiger partial charge in [-0.3, -0.25) is 10.1 Å². The Balaban J connectivity index is 1.43. The topological polar surface area (TPSA) is 54.9 Å². The summed E-state index contributed by atoms with van der Waals surface area (Å²) >= 11 is 4.46. The number of amides is 1. The van der Waals surface area contributed by atoms with Crippen LogP contribution in [0.2, 0.25) is 0 Å². The fourth-order valence-corrected chi connectivity index (χ4v) is 5.13. The van der Waals surface area contributed by atoms with Crippen molar-refractivity contribution in [2.45, 2.75) is 17.0 Å². The molecule has 0 aliphatic rings. The van der Waals surface area contributed by atoms with Crippen molar-refractivity contribution in [3.8, 4) is 0 Å². The smallest absolute Gasteiger partial charge is 0.267 e. The van der Waals surface area contributed by atoms with E-state index in [0.717, 1.165) is 15.7 Å². The Bertz CT molecular complexity index is 1070. The lowest BCUT2D eigenvalue weighted by molar-refractivity contribution is 0.103. The van der Waals surface area contributed by atoms with Gasteiger partial charge in [0.2, 0.25) is 5.13 Å². The first-order chi connectivity index (χ1) is 12.7. The first-order valence-electron chi connectivity index (χ1n) is 7.98. The quantitative estimate of drug-likeness (QED) is 0.351. The van der Waals surface area contributed by atoms with Gasteiger partial charge in [-0.15, -0.1) is 21.5 Å². The van der Waals surface area contributed by atoms with E-state index in [9.17, 15) is 4.79 Å². The van der Waals surface area contributed by atoms with Crippen LogP contribution < -0.4 is 5.32 Å². The molecule has 0 aliphatic heterocycles. The van der Waals surface area contributed by atoms with Gasteiger partial charge in [0.25, 0.3) is 5.91 Å². The van der Waals surface area contributed by atoms with E-state index >= 15 is 0 Å². The molecular formula is C19H15N3OS3. The van der Waals surface area contributed by atoms with Crippen molar-refractivity contribution in [2.24, 2.45) is 0 Å². The van der Waals surface area contributed by atoms with Gasteiger partial charge in [0, 0.05) is 5.75 Å².